The van der Waals surface area contributed by atoms with Crippen molar-refractivity contribution in [3.8, 4) is 5.75 Å². The van der Waals surface area contributed by atoms with Crippen molar-refractivity contribution in [3.05, 3.63) is 46.8 Å². The molecule has 0 unspecified atom stereocenters. The van der Waals surface area contributed by atoms with Crippen LogP contribution in [-0.4, -0.2) is 55.8 Å². The van der Waals surface area contributed by atoms with Crippen LogP contribution in [0.15, 0.2) is 29.2 Å². The van der Waals surface area contributed by atoms with Crippen LogP contribution in [0.1, 0.15) is 52.9 Å². The standard InChI is InChI=1S/C22H30N2O6S/c1-8-24-15(4)19(14(3)20(24)22(26)30-9-2)21(25)16(5)23(6)31(27,28)18-12-10-17(29-7)11-13-18/h10-13,16H,8-9H2,1-7H3/t16-/m1/s1. The third kappa shape index (κ3) is 4.52. The number of ether oxygens (including phenoxy) is 2. The van der Waals surface area contributed by atoms with E-state index in [4.69, 9.17) is 9.47 Å². The van der Waals surface area contributed by atoms with Crippen molar-refractivity contribution in [1.82, 2.24) is 8.87 Å². The number of ketones is 1. The summed E-state index contributed by atoms with van der Waals surface area (Å²) in [7, 11) is -1.05. The molecular formula is C22H30N2O6S. The number of Topliss-reactive ketones (excluding diaryl/α,β-unsaturated/α-hetero) is 1. The van der Waals surface area contributed by atoms with Gasteiger partial charge in [0.2, 0.25) is 10.0 Å². The van der Waals surface area contributed by atoms with E-state index in [9.17, 15) is 18.0 Å². The van der Waals surface area contributed by atoms with Crippen LogP contribution in [0, 0.1) is 13.8 Å². The van der Waals surface area contributed by atoms with Crippen molar-refractivity contribution in [2.24, 2.45) is 0 Å². The van der Waals surface area contributed by atoms with E-state index in [0.29, 0.717) is 34.8 Å². The maximum Gasteiger partial charge on any atom is 0.355 e. The summed E-state index contributed by atoms with van der Waals surface area (Å²) in [5.74, 6) is -0.354. The van der Waals surface area contributed by atoms with E-state index in [-0.39, 0.29) is 17.3 Å². The van der Waals surface area contributed by atoms with Gasteiger partial charge < -0.3 is 14.0 Å². The topological polar surface area (TPSA) is 94.9 Å². The zero-order valence-corrected chi connectivity index (χ0v) is 19.9. The fourth-order valence-corrected chi connectivity index (χ4v) is 4.94. The first-order valence-corrected chi connectivity index (χ1v) is 11.5. The summed E-state index contributed by atoms with van der Waals surface area (Å²) in [6, 6.07) is 4.99. The van der Waals surface area contributed by atoms with Crippen LogP contribution in [0.3, 0.4) is 0 Å². The Morgan fingerprint density at radius 2 is 1.71 bits per heavy atom. The first-order chi connectivity index (χ1) is 14.5. The molecule has 0 radical (unpaired) electrons. The lowest BCUT2D eigenvalue weighted by molar-refractivity contribution is 0.0512. The molecule has 0 bridgehead atoms. The number of sulfonamides is 1. The Balaban J connectivity index is 2.45. The van der Waals surface area contributed by atoms with E-state index in [2.05, 4.69) is 0 Å². The highest BCUT2D eigenvalue weighted by Crippen LogP contribution is 2.27. The van der Waals surface area contributed by atoms with E-state index in [0.717, 1.165) is 4.31 Å². The lowest BCUT2D eigenvalue weighted by atomic mass is 10.0. The van der Waals surface area contributed by atoms with Crippen LogP contribution in [0.5, 0.6) is 5.75 Å². The van der Waals surface area contributed by atoms with Gasteiger partial charge in [0.1, 0.15) is 11.4 Å². The van der Waals surface area contributed by atoms with Gasteiger partial charge in [-0.15, -0.1) is 0 Å². The first kappa shape index (κ1) is 24.6. The monoisotopic (exact) mass is 450 g/mol. The number of aromatic nitrogens is 1. The summed E-state index contributed by atoms with van der Waals surface area (Å²) < 4.78 is 39.1. The van der Waals surface area contributed by atoms with Crippen molar-refractivity contribution < 1.29 is 27.5 Å². The van der Waals surface area contributed by atoms with Crippen LogP contribution in [0.2, 0.25) is 0 Å². The first-order valence-electron chi connectivity index (χ1n) is 10.1. The Hall–Kier alpha value is -2.65. The Kier molecular flexibility index (Phi) is 7.67. The van der Waals surface area contributed by atoms with Crippen LogP contribution < -0.4 is 4.74 Å². The third-order valence-electron chi connectivity index (χ3n) is 5.46. The average Bonchev–Trinajstić information content (AvgIpc) is 3.01. The molecule has 1 atom stereocenters. The summed E-state index contributed by atoms with van der Waals surface area (Å²) in [4.78, 5) is 25.9. The molecule has 0 fully saturated rings. The Morgan fingerprint density at radius 1 is 1.13 bits per heavy atom. The van der Waals surface area contributed by atoms with E-state index in [1.165, 1.54) is 33.2 Å². The molecule has 9 heteroatoms. The number of benzene rings is 1. The smallest absolute Gasteiger partial charge is 0.355 e. The van der Waals surface area contributed by atoms with Gasteiger partial charge in [-0.3, -0.25) is 4.79 Å². The van der Waals surface area contributed by atoms with Crippen molar-refractivity contribution in [2.45, 2.75) is 52.1 Å². The normalized spacial score (nSPS) is 12.6. The molecule has 1 heterocycles. The highest BCUT2D eigenvalue weighted by atomic mass is 32.2. The molecule has 0 saturated heterocycles. The molecule has 0 amide bonds. The molecule has 0 aliphatic heterocycles. The molecule has 31 heavy (non-hydrogen) atoms. The number of hydrogen-bond donors (Lipinski definition) is 0. The molecule has 0 spiro atoms. The zero-order valence-electron chi connectivity index (χ0n) is 19.1. The van der Waals surface area contributed by atoms with Crippen molar-refractivity contribution in [2.75, 3.05) is 20.8 Å². The predicted octanol–water partition coefficient (Wildman–Crippen LogP) is 3.20. The van der Waals surface area contributed by atoms with Crippen LogP contribution >= 0.6 is 0 Å². The summed E-state index contributed by atoms with van der Waals surface area (Å²) >= 11 is 0. The highest BCUT2D eigenvalue weighted by Gasteiger charge is 2.34. The number of likely N-dealkylation sites (N-methyl/N-ethyl adjacent to an activating group) is 1. The molecule has 8 nitrogen and oxygen atoms in total. The van der Waals surface area contributed by atoms with Crippen molar-refractivity contribution in [1.29, 1.82) is 0 Å². The van der Waals surface area contributed by atoms with Crippen LogP contribution in [-0.2, 0) is 21.3 Å². The van der Waals surface area contributed by atoms with Gasteiger partial charge in [0.25, 0.3) is 0 Å². The minimum Gasteiger partial charge on any atom is -0.497 e. The van der Waals surface area contributed by atoms with Crippen molar-refractivity contribution >= 4 is 21.8 Å². The minimum atomic E-state index is -3.92. The molecule has 170 valence electrons. The summed E-state index contributed by atoms with van der Waals surface area (Å²) in [5, 5.41) is 0. The second-order valence-electron chi connectivity index (χ2n) is 7.14. The van der Waals surface area contributed by atoms with E-state index in [1.807, 2.05) is 6.92 Å². The molecule has 2 rings (SSSR count). The number of methoxy groups -OCH3 is 1. The van der Waals surface area contributed by atoms with E-state index in [1.54, 1.807) is 37.5 Å². The van der Waals surface area contributed by atoms with Crippen molar-refractivity contribution in [3.63, 3.8) is 0 Å². The number of esters is 1. The second kappa shape index (κ2) is 9.65. The molecular weight excluding hydrogens is 420 g/mol. The largest absolute Gasteiger partial charge is 0.497 e. The lowest BCUT2D eigenvalue weighted by Crippen LogP contribution is -2.40. The van der Waals surface area contributed by atoms with Gasteiger partial charge in [-0.05, 0) is 64.4 Å². The molecule has 1 aromatic heterocycles. The highest BCUT2D eigenvalue weighted by molar-refractivity contribution is 7.89. The molecule has 0 aliphatic rings. The SMILES string of the molecule is CCOC(=O)c1c(C)c(C(=O)[C@@H](C)N(C)S(=O)(=O)c2ccc(OC)cc2)c(C)n1CC. The number of nitrogens with zero attached hydrogens (tertiary/aromatic N) is 2. The fourth-order valence-electron chi connectivity index (χ4n) is 3.61. The molecule has 0 saturated carbocycles. The van der Waals surface area contributed by atoms with Gasteiger partial charge in [-0.25, -0.2) is 13.2 Å². The fraction of sp³-hybridized carbons (Fsp3) is 0.455. The van der Waals surface area contributed by atoms with E-state index >= 15 is 0 Å². The Labute approximate surface area is 183 Å². The van der Waals surface area contributed by atoms with Gasteiger partial charge in [-0.1, -0.05) is 0 Å². The summed E-state index contributed by atoms with van der Waals surface area (Å²) in [6.45, 7) is 9.24. The zero-order chi connectivity index (χ0) is 23.5. The van der Waals surface area contributed by atoms with Gasteiger partial charge in [0, 0.05) is 24.8 Å². The maximum absolute atomic E-state index is 13.4. The average molecular weight is 451 g/mol. The van der Waals surface area contributed by atoms with Crippen LogP contribution in [0.25, 0.3) is 0 Å². The van der Waals surface area contributed by atoms with Crippen LogP contribution in [0.4, 0.5) is 0 Å². The predicted molar refractivity (Wildman–Crippen MR) is 117 cm³/mol. The summed E-state index contributed by atoms with van der Waals surface area (Å²) in [5.41, 5.74) is 1.76. The van der Waals surface area contributed by atoms with Gasteiger partial charge >= 0.3 is 5.97 Å². The number of carbonyl (C=O) groups excluding carboxylic acids is 2. The molecule has 0 aliphatic carbocycles. The molecule has 1 aromatic carbocycles. The number of carbonyl (C=O) groups is 2. The Bertz CT molecular complexity index is 1070. The molecule has 0 N–H and O–H groups in total. The molecule has 2 aromatic rings. The number of rotatable bonds is 9. The van der Waals surface area contributed by atoms with Gasteiger partial charge in [0.05, 0.1) is 24.7 Å². The lowest BCUT2D eigenvalue weighted by Gasteiger charge is -2.24. The van der Waals surface area contributed by atoms with E-state index < -0.39 is 22.0 Å². The second-order valence-corrected chi connectivity index (χ2v) is 9.13. The maximum atomic E-state index is 13.4. The van der Waals surface area contributed by atoms with Gasteiger partial charge in [0.15, 0.2) is 5.78 Å². The number of hydrogen-bond acceptors (Lipinski definition) is 6. The quantitative estimate of drug-likeness (QED) is 0.430. The van der Waals surface area contributed by atoms with Gasteiger partial charge in [-0.2, -0.15) is 4.31 Å². The third-order valence-corrected chi connectivity index (χ3v) is 7.40. The Morgan fingerprint density at radius 3 is 2.19 bits per heavy atom. The minimum absolute atomic E-state index is 0.0576. The summed E-state index contributed by atoms with van der Waals surface area (Å²) in [6.07, 6.45) is 0.